The lowest BCUT2D eigenvalue weighted by Crippen LogP contribution is -2.33. The summed E-state index contributed by atoms with van der Waals surface area (Å²) >= 11 is 0. The van der Waals surface area contributed by atoms with Crippen molar-refractivity contribution in [3.63, 3.8) is 0 Å². The van der Waals surface area contributed by atoms with Gasteiger partial charge in [0, 0.05) is 37.9 Å². The molecular weight excluding hydrogens is 212 g/mol. The van der Waals surface area contributed by atoms with Gasteiger partial charge >= 0.3 is 0 Å². The van der Waals surface area contributed by atoms with Gasteiger partial charge < -0.3 is 10.2 Å². The van der Waals surface area contributed by atoms with Crippen LogP contribution in [0, 0.1) is 0 Å². The van der Waals surface area contributed by atoms with Crippen LogP contribution in [-0.4, -0.2) is 40.9 Å². The Balaban J connectivity index is 2.22. The van der Waals surface area contributed by atoms with Gasteiger partial charge in [-0.05, 0) is 40.8 Å². The maximum Gasteiger partial charge on any atom is 0.0762 e. The van der Waals surface area contributed by atoms with Gasteiger partial charge in [-0.1, -0.05) is 0 Å². The van der Waals surface area contributed by atoms with Crippen LogP contribution < -0.4 is 5.32 Å². The lowest BCUT2D eigenvalue weighted by Gasteiger charge is -2.20. The summed E-state index contributed by atoms with van der Waals surface area (Å²) in [5.41, 5.74) is 1.12. The highest BCUT2D eigenvalue weighted by molar-refractivity contribution is 4.98. The number of nitrogens with zero attached hydrogens (tertiary/aromatic N) is 3. The average molecular weight is 238 g/mol. The molecule has 0 radical (unpaired) electrons. The summed E-state index contributed by atoms with van der Waals surface area (Å²) in [4.78, 5) is 2.33. The predicted octanol–water partition coefficient (Wildman–Crippen LogP) is 1.89. The first kappa shape index (κ1) is 14.2. The number of rotatable bonds is 7. The molecule has 0 fully saturated rings. The molecule has 0 amide bonds. The van der Waals surface area contributed by atoms with E-state index in [4.69, 9.17) is 0 Å². The maximum absolute atomic E-state index is 4.50. The third-order valence-electron chi connectivity index (χ3n) is 3.02. The van der Waals surface area contributed by atoms with E-state index >= 15 is 0 Å². The van der Waals surface area contributed by atoms with Gasteiger partial charge in [0.15, 0.2) is 0 Å². The molecule has 4 heteroatoms. The van der Waals surface area contributed by atoms with Crippen LogP contribution >= 0.6 is 0 Å². The maximum atomic E-state index is 4.50. The van der Waals surface area contributed by atoms with Crippen molar-refractivity contribution >= 4 is 0 Å². The van der Waals surface area contributed by atoms with Crippen molar-refractivity contribution in [2.24, 2.45) is 0 Å². The Morgan fingerprint density at radius 2 is 2.06 bits per heavy atom. The molecule has 0 unspecified atom stereocenters. The van der Waals surface area contributed by atoms with Gasteiger partial charge in [-0.2, -0.15) is 5.10 Å². The molecule has 0 spiro atoms. The summed E-state index contributed by atoms with van der Waals surface area (Å²) in [5.74, 6) is 0. The minimum absolute atomic E-state index is 0.441. The van der Waals surface area contributed by atoms with Crippen molar-refractivity contribution in [3.8, 4) is 0 Å². The van der Waals surface area contributed by atoms with E-state index in [2.05, 4.69) is 56.1 Å². The molecular formula is C13H26N4. The van der Waals surface area contributed by atoms with Gasteiger partial charge in [0.2, 0.25) is 0 Å². The minimum Gasteiger partial charge on any atom is -0.310 e. The summed E-state index contributed by atoms with van der Waals surface area (Å²) in [6.07, 6.45) is 2.04. The summed E-state index contributed by atoms with van der Waals surface area (Å²) in [5, 5.41) is 7.92. The second-order valence-corrected chi connectivity index (χ2v) is 5.13. The lowest BCUT2D eigenvalue weighted by atomic mass is 10.3. The van der Waals surface area contributed by atoms with Gasteiger partial charge in [-0.25, -0.2) is 0 Å². The summed E-state index contributed by atoms with van der Waals surface area (Å²) in [6.45, 7) is 11.6. The van der Waals surface area contributed by atoms with Gasteiger partial charge in [-0.3, -0.25) is 4.68 Å². The fourth-order valence-corrected chi connectivity index (χ4v) is 1.49. The van der Waals surface area contributed by atoms with Crippen molar-refractivity contribution in [2.75, 3.05) is 20.1 Å². The predicted molar refractivity (Wildman–Crippen MR) is 72.1 cm³/mol. The first-order chi connectivity index (χ1) is 8.00. The van der Waals surface area contributed by atoms with Crippen LogP contribution in [0.25, 0.3) is 0 Å². The minimum atomic E-state index is 0.441. The second kappa shape index (κ2) is 6.77. The monoisotopic (exact) mass is 238 g/mol. The Bertz CT molecular complexity index is 317. The van der Waals surface area contributed by atoms with Gasteiger partial charge in [-0.15, -0.1) is 0 Å². The Morgan fingerprint density at radius 3 is 2.59 bits per heavy atom. The van der Waals surface area contributed by atoms with Gasteiger partial charge in [0.1, 0.15) is 0 Å². The third kappa shape index (κ3) is 4.88. The van der Waals surface area contributed by atoms with Crippen LogP contribution in [0.4, 0.5) is 0 Å². The molecule has 1 heterocycles. The van der Waals surface area contributed by atoms with E-state index in [9.17, 15) is 0 Å². The Morgan fingerprint density at radius 1 is 1.35 bits per heavy atom. The van der Waals surface area contributed by atoms with E-state index in [1.54, 1.807) is 0 Å². The standard InChI is InChI=1S/C13H26N4/c1-11(2)16(5)9-7-14-10-13-6-8-17(15-13)12(3)4/h6,8,11-12,14H,7,9-10H2,1-5H3. The molecule has 1 aromatic rings. The molecule has 0 aromatic carbocycles. The average Bonchev–Trinajstić information content (AvgIpc) is 2.72. The van der Waals surface area contributed by atoms with E-state index in [0.717, 1.165) is 25.3 Å². The number of nitrogens with one attached hydrogen (secondary N) is 1. The van der Waals surface area contributed by atoms with Crippen LogP contribution in [0.3, 0.4) is 0 Å². The number of hydrogen-bond donors (Lipinski definition) is 1. The number of likely N-dealkylation sites (N-methyl/N-ethyl adjacent to an activating group) is 1. The van der Waals surface area contributed by atoms with E-state index in [0.29, 0.717) is 12.1 Å². The van der Waals surface area contributed by atoms with Crippen molar-refractivity contribution in [1.82, 2.24) is 20.0 Å². The van der Waals surface area contributed by atoms with Crippen molar-refractivity contribution in [3.05, 3.63) is 18.0 Å². The zero-order chi connectivity index (χ0) is 12.8. The lowest BCUT2D eigenvalue weighted by molar-refractivity contribution is 0.273. The van der Waals surface area contributed by atoms with E-state index in [-0.39, 0.29) is 0 Å². The number of aromatic nitrogens is 2. The number of hydrogen-bond acceptors (Lipinski definition) is 3. The molecule has 1 N–H and O–H groups in total. The third-order valence-corrected chi connectivity index (χ3v) is 3.02. The zero-order valence-electron chi connectivity index (χ0n) is 11.8. The van der Waals surface area contributed by atoms with Crippen LogP contribution in [0.1, 0.15) is 39.4 Å². The molecule has 4 nitrogen and oxygen atoms in total. The van der Waals surface area contributed by atoms with Crippen LogP contribution in [0.2, 0.25) is 0 Å². The Kier molecular flexibility index (Phi) is 5.65. The highest BCUT2D eigenvalue weighted by Crippen LogP contribution is 2.03. The summed E-state index contributed by atoms with van der Waals surface area (Å²) in [6, 6.07) is 3.13. The van der Waals surface area contributed by atoms with E-state index < -0.39 is 0 Å². The zero-order valence-corrected chi connectivity index (χ0v) is 11.8. The quantitative estimate of drug-likeness (QED) is 0.736. The molecule has 1 aromatic heterocycles. The summed E-state index contributed by atoms with van der Waals surface area (Å²) < 4.78 is 2.00. The van der Waals surface area contributed by atoms with Gasteiger partial charge in [0.25, 0.3) is 0 Å². The molecule has 0 saturated heterocycles. The van der Waals surface area contributed by atoms with Gasteiger partial charge in [0.05, 0.1) is 5.69 Å². The molecule has 17 heavy (non-hydrogen) atoms. The second-order valence-electron chi connectivity index (χ2n) is 5.13. The molecule has 98 valence electrons. The highest BCUT2D eigenvalue weighted by atomic mass is 15.3. The fraction of sp³-hybridized carbons (Fsp3) is 0.769. The first-order valence-corrected chi connectivity index (χ1v) is 6.45. The molecule has 0 aliphatic heterocycles. The van der Waals surface area contributed by atoms with Crippen LogP contribution in [-0.2, 0) is 6.54 Å². The fourth-order valence-electron chi connectivity index (χ4n) is 1.49. The normalized spacial score (nSPS) is 12.0. The van der Waals surface area contributed by atoms with Crippen LogP contribution in [0.15, 0.2) is 12.3 Å². The molecule has 0 saturated carbocycles. The highest BCUT2D eigenvalue weighted by Gasteiger charge is 2.03. The van der Waals surface area contributed by atoms with E-state index in [1.807, 2.05) is 10.9 Å². The van der Waals surface area contributed by atoms with Crippen molar-refractivity contribution < 1.29 is 0 Å². The Hall–Kier alpha value is -0.870. The van der Waals surface area contributed by atoms with Crippen LogP contribution in [0.5, 0.6) is 0 Å². The Labute approximate surface area is 105 Å². The first-order valence-electron chi connectivity index (χ1n) is 6.45. The molecule has 0 bridgehead atoms. The smallest absolute Gasteiger partial charge is 0.0762 e. The van der Waals surface area contributed by atoms with E-state index in [1.165, 1.54) is 0 Å². The molecule has 0 aliphatic carbocycles. The van der Waals surface area contributed by atoms with Crippen molar-refractivity contribution in [2.45, 2.75) is 46.3 Å². The largest absolute Gasteiger partial charge is 0.310 e. The topological polar surface area (TPSA) is 33.1 Å². The summed E-state index contributed by atoms with van der Waals surface area (Å²) in [7, 11) is 2.15. The SMILES string of the molecule is CC(C)N(C)CCNCc1ccn(C(C)C)n1. The molecule has 1 rings (SSSR count). The van der Waals surface area contributed by atoms with Crippen molar-refractivity contribution in [1.29, 1.82) is 0 Å². The molecule has 0 atom stereocenters. The molecule has 0 aliphatic rings.